The third kappa shape index (κ3) is 2.57. The Kier molecular flexibility index (Phi) is 3.62. The van der Waals surface area contributed by atoms with Crippen molar-refractivity contribution >= 4 is 17.5 Å². The van der Waals surface area contributed by atoms with Gasteiger partial charge in [0.1, 0.15) is 6.04 Å². The Labute approximate surface area is 104 Å². The van der Waals surface area contributed by atoms with Gasteiger partial charge in [-0.1, -0.05) is 11.6 Å². The zero-order chi connectivity index (χ0) is 12.3. The Morgan fingerprint density at radius 3 is 2.82 bits per heavy atom. The number of hydrogen-bond acceptors (Lipinski definition) is 3. The average molecular weight is 251 g/mol. The molecule has 0 saturated carbocycles. The number of carbonyl (C=O) groups excluding carboxylic acids is 1. The highest BCUT2D eigenvalue weighted by Gasteiger charge is 2.27. The topological polar surface area (TPSA) is 53.3 Å². The van der Waals surface area contributed by atoms with Crippen molar-refractivity contribution in [1.82, 2.24) is 4.90 Å². The van der Waals surface area contributed by atoms with E-state index in [2.05, 4.69) is 6.07 Å². The summed E-state index contributed by atoms with van der Waals surface area (Å²) in [5.41, 5.74) is 0.538. The molecule has 0 spiro atoms. The average Bonchev–Trinajstić information content (AvgIpc) is 2.39. The molecule has 2 rings (SSSR count). The molecule has 1 saturated heterocycles. The largest absolute Gasteiger partial charge is 0.376 e. The maximum absolute atomic E-state index is 12.2. The summed E-state index contributed by atoms with van der Waals surface area (Å²) in [6.45, 7) is 1.19. The van der Waals surface area contributed by atoms with Gasteiger partial charge in [0, 0.05) is 17.1 Å². The van der Waals surface area contributed by atoms with Crippen LogP contribution in [0, 0.1) is 11.3 Å². The lowest BCUT2D eigenvalue weighted by Crippen LogP contribution is -2.47. The summed E-state index contributed by atoms with van der Waals surface area (Å²) >= 11 is 5.76. The smallest absolute Gasteiger partial charge is 0.255 e. The van der Waals surface area contributed by atoms with Crippen LogP contribution in [-0.4, -0.2) is 36.6 Å². The summed E-state index contributed by atoms with van der Waals surface area (Å²) in [5.74, 6) is -0.156. The van der Waals surface area contributed by atoms with Gasteiger partial charge in [-0.3, -0.25) is 4.79 Å². The van der Waals surface area contributed by atoms with E-state index in [4.69, 9.17) is 21.6 Å². The highest BCUT2D eigenvalue weighted by atomic mass is 35.5. The highest BCUT2D eigenvalue weighted by molar-refractivity contribution is 6.30. The van der Waals surface area contributed by atoms with Crippen LogP contribution in [0.25, 0.3) is 0 Å². The van der Waals surface area contributed by atoms with Crippen LogP contribution in [0.3, 0.4) is 0 Å². The van der Waals surface area contributed by atoms with Crippen molar-refractivity contribution in [3.8, 4) is 6.07 Å². The predicted octanol–water partition coefficient (Wildman–Crippen LogP) is 1.70. The van der Waals surface area contributed by atoms with Crippen molar-refractivity contribution in [2.45, 2.75) is 6.04 Å². The first kappa shape index (κ1) is 11.9. The number of halogens is 1. The molecular formula is C12H11ClN2O2. The molecule has 0 aliphatic carbocycles. The van der Waals surface area contributed by atoms with Crippen LogP contribution < -0.4 is 0 Å². The van der Waals surface area contributed by atoms with Crippen molar-refractivity contribution in [3.63, 3.8) is 0 Å². The van der Waals surface area contributed by atoms with E-state index in [0.29, 0.717) is 23.7 Å². The van der Waals surface area contributed by atoms with Gasteiger partial charge in [-0.15, -0.1) is 0 Å². The number of hydrogen-bond donors (Lipinski definition) is 0. The van der Waals surface area contributed by atoms with Crippen LogP contribution in [-0.2, 0) is 4.74 Å². The summed E-state index contributed by atoms with van der Waals surface area (Å²) in [6, 6.07) is 8.21. The molecule has 1 atom stereocenters. The number of nitriles is 1. The molecule has 1 aliphatic heterocycles. The lowest BCUT2D eigenvalue weighted by Gasteiger charge is -2.31. The minimum Gasteiger partial charge on any atom is -0.376 e. The van der Waals surface area contributed by atoms with E-state index < -0.39 is 6.04 Å². The van der Waals surface area contributed by atoms with Gasteiger partial charge in [-0.25, -0.2) is 0 Å². The van der Waals surface area contributed by atoms with E-state index in [1.807, 2.05) is 0 Å². The van der Waals surface area contributed by atoms with Crippen LogP contribution in [0.15, 0.2) is 24.3 Å². The van der Waals surface area contributed by atoms with Gasteiger partial charge < -0.3 is 9.64 Å². The molecule has 88 valence electrons. The van der Waals surface area contributed by atoms with Gasteiger partial charge in [0.2, 0.25) is 0 Å². The highest BCUT2D eigenvalue weighted by Crippen LogP contribution is 2.14. The lowest BCUT2D eigenvalue weighted by molar-refractivity contribution is 0.0132. The van der Waals surface area contributed by atoms with Crippen molar-refractivity contribution in [2.75, 3.05) is 19.8 Å². The molecule has 1 unspecified atom stereocenters. The minimum absolute atomic E-state index is 0.156. The maximum atomic E-state index is 12.2. The summed E-state index contributed by atoms with van der Waals surface area (Å²) in [7, 11) is 0. The number of carbonyl (C=O) groups is 1. The zero-order valence-corrected chi connectivity index (χ0v) is 9.85. The lowest BCUT2D eigenvalue weighted by atomic mass is 10.1. The SMILES string of the molecule is N#CC1COCCN1C(=O)c1ccc(Cl)cc1. The molecule has 0 bridgehead atoms. The Morgan fingerprint density at radius 1 is 1.47 bits per heavy atom. The quantitative estimate of drug-likeness (QED) is 0.762. The Balaban J connectivity index is 2.18. The van der Waals surface area contributed by atoms with Crippen molar-refractivity contribution in [2.24, 2.45) is 0 Å². The van der Waals surface area contributed by atoms with E-state index in [9.17, 15) is 4.79 Å². The predicted molar refractivity (Wildman–Crippen MR) is 62.7 cm³/mol. The first-order valence-corrected chi connectivity index (χ1v) is 5.64. The molecule has 4 nitrogen and oxygen atoms in total. The molecule has 1 fully saturated rings. The van der Waals surface area contributed by atoms with Gasteiger partial charge in [0.15, 0.2) is 0 Å². The summed E-state index contributed by atoms with van der Waals surface area (Å²) in [6.07, 6.45) is 0. The van der Waals surface area contributed by atoms with E-state index in [-0.39, 0.29) is 12.5 Å². The number of benzene rings is 1. The number of nitrogens with zero attached hydrogens (tertiary/aromatic N) is 2. The molecule has 0 aromatic heterocycles. The van der Waals surface area contributed by atoms with E-state index in [1.54, 1.807) is 24.3 Å². The second kappa shape index (κ2) is 5.17. The minimum atomic E-state index is -0.507. The molecule has 1 aromatic rings. The number of morpholine rings is 1. The molecule has 17 heavy (non-hydrogen) atoms. The van der Waals surface area contributed by atoms with Gasteiger partial charge in [0.25, 0.3) is 5.91 Å². The fourth-order valence-electron chi connectivity index (χ4n) is 1.71. The Hall–Kier alpha value is -1.57. The molecule has 1 amide bonds. The van der Waals surface area contributed by atoms with E-state index in [1.165, 1.54) is 4.90 Å². The first-order valence-electron chi connectivity index (χ1n) is 5.26. The second-order valence-electron chi connectivity index (χ2n) is 3.73. The summed E-state index contributed by atoms with van der Waals surface area (Å²) in [5, 5.41) is 9.54. The van der Waals surface area contributed by atoms with Crippen molar-refractivity contribution in [3.05, 3.63) is 34.9 Å². The third-order valence-electron chi connectivity index (χ3n) is 2.63. The van der Waals surface area contributed by atoms with Crippen LogP contribution >= 0.6 is 11.6 Å². The van der Waals surface area contributed by atoms with Crippen LogP contribution in [0.5, 0.6) is 0 Å². The molecular weight excluding hydrogens is 240 g/mol. The molecule has 0 N–H and O–H groups in total. The monoisotopic (exact) mass is 250 g/mol. The zero-order valence-electron chi connectivity index (χ0n) is 9.10. The van der Waals surface area contributed by atoms with Crippen molar-refractivity contribution in [1.29, 1.82) is 5.26 Å². The summed E-state index contributed by atoms with van der Waals surface area (Å²) < 4.78 is 5.17. The van der Waals surface area contributed by atoms with Gasteiger partial charge in [-0.05, 0) is 24.3 Å². The summed E-state index contributed by atoms with van der Waals surface area (Å²) in [4.78, 5) is 13.7. The fourth-order valence-corrected chi connectivity index (χ4v) is 1.84. The molecule has 5 heteroatoms. The number of rotatable bonds is 1. The number of ether oxygens (including phenoxy) is 1. The van der Waals surface area contributed by atoms with E-state index in [0.717, 1.165) is 0 Å². The molecule has 1 heterocycles. The van der Waals surface area contributed by atoms with Crippen LogP contribution in [0.4, 0.5) is 0 Å². The third-order valence-corrected chi connectivity index (χ3v) is 2.88. The van der Waals surface area contributed by atoms with Gasteiger partial charge in [0.05, 0.1) is 19.3 Å². The van der Waals surface area contributed by atoms with Crippen LogP contribution in [0.2, 0.25) is 5.02 Å². The molecule has 1 aromatic carbocycles. The van der Waals surface area contributed by atoms with Gasteiger partial charge >= 0.3 is 0 Å². The van der Waals surface area contributed by atoms with Crippen molar-refractivity contribution < 1.29 is 9.53 Å². The fraction of sp³-hybridized carbons (Fsp3) is 0.333. The van der Waals surface area contributed by atoms with Crippen LogP contribution in [0.1, 0.15) is 10.4 Å². The molecule has 1 aliphatic rings. The first-order chi connectivity index (χ1) is 8.22. The molecule has 0 radical (unpaired) electrons. The van der Waals surface area contributed by atoms with Gasteiger partial charge in [-0.2, -0.15) is 5.26 Å². The number of amides is 1. The Morgan fingerprint density at radius 2 is 2.18 bits per heavy atom. The standard InChI is InChI=1S/C12H11ClN2O2/c13-10-3-1-9(2-4-10)12(16)15-5-6-17-8-11(15)7-14/h1-4,11H,5-6,8H2. The Bertz CT molecular complexity index is 453. The normalized spacial score (nSPS) is 19.8. The van der Waals surface area contributed by atoms with E-state index >= 15 is 0 Å². The second-order valence-corrected chi connectivity index (χ2v) is 4.16. The maximum Gasteiger partial charge on any atom is 0.255 e.